The molecule has 0 saturated carbocycles. The number of nitrogens with one attached hydrogen (secondary N) is 3. The normalized spacial score (nSPS) is 10.7. The van der Waals surface area contributed by atoms with Crippen molar-refractivity contribution in [3.63, 3.8) is 0 Å². The fraction of sp³-hybridized carbons (Fsp3) is 0.324. The first-order valence-electron chi connectivity index (χ1n) is 15.4. The third-order valence-electron chi connectivity index (χ3n) is 7.61. The fourth-order valence-electron chi connectivity index (χ4n) is 5.23. The first kappa shape index (κ1) is 35.1. The molecule has 0 saturated heterocycles. The Morgan fingerprint density at radius 2 is 1.42 bits per heavy atom. The van der Waals surface area contributed by atoms with Crippen molar-refractivity contribution in [3.05, 3.63) is 71.6 Å². The molecule has 0 aromatic heterocycles. The van der Waals surface area contributed by atoms with Gasteiger partial charge in [-0.25, -0.2) is 19.0 Å². The van der Waals surface area contributed by atoms with Gasteiger partial charge in [0.25, 0.3) is 0 Å². The molecule has 14 nitrogen and oxygen atoms in total. The number of benzene rings is 3. The molecule has 3 amide bonds. The van der Waals surface area contributed by atoms with Crippen LogP contribution in [0.25, 0.3) is 33.4 Å². The summed E-state index contributed by atoms with van der Waals surface area (Å²) in [7, 11) is 4.42. The van der Waals surface area contributed by atoms with Gasteiger partial charge in [-0.05, 0) is 30.7 Å². The van der Waals surface area contributed by atoms with Gasteiger partial charge in [0.05, 0.1) is 18.6 Å². The standard InChI is InChI=1S/C34H39N5O9/c1-5-38(14-17-45-32(42)35-2)22-10-12-26-28(20-22)48-29-21-23(39(15-18-46-33(43)36-3)16-19-47-34(44)37-4)11-13-27(29)30(26)24-8-6-7-9-25(24)31(40)41/h6-13,20-21H,5,14-19H2,1-4H3,(H3-,35,36,37,40,41,42,43,44). The van der Waals surface area contributed by atoms with E-state index in [1.54, 1.807) is 24.3 Å². The number of alkyl carbamates (subject to hydrolysis) is 3. The van der Waals surface area contributed by atoms with Crippen molar-refractivity contribution in [2.45, 2.75) is 6.92 Å². The van der Waals surface area contributed by atoms with E-state index in [4.69, 9.17) is 18.6 Å². The van der Waals surface area contributed by atoms with E-state index in [0.29, 0.717) is 51.9 Å². The van der Waals surface area contributed by atoms with Crippen molar-refractivity contribution in [3.8, 4) is 22.5 Å². The highest BCUT2D eigenvalue weighted by Crippen LogP contribution is 2.41. The van der Waals surface area contributed by atoms with Crippen molar-refractivity contribution >= 4 is 40.9 Å². The summed E-state index contributed by atoms with van der Waals surface area (Å²) in [6.07, 6.45) is -1.68. The molecule has 3 N–H and O–H groups in total. The molecule has 0 fully saturated rings. The Bertz CT molecular complexity index is 1800. The lowest BCUT2D eigenvalue weighted by atomic mass is 9.90. The Morgan fingerprint density at radius 3 is 2.02 bits per heavy atom. The summed E-state index contributed by atoms with van der Waals surface area (Å²) in [4.78, 5) is 49.2. The maximum Gasteiger partial charge on any atom is 0.407 e. The zero-order chi connectivity index (χ0) is 34.6. The molecule has 1 aliphatic carbocycles. The minimum atomic E-state index is -1.31. The molecule has 4 rings (SSSR count). The number of hydrogen-bond donors (Lipinski definition) is 3. The number of fused-ring (bicyclic) bond motifs is 2. The Balaban J connectivity index is 1.90. The first-order chi connectivity index (χ1) is 23.2. The molecule has 0 bridgehead atoms. The quantitative estimate of drug-likeness (QED) is 0.110. The number of amides is 3. The lowest BCUT2D eigenvalue weighted by Crippen LogP contribution is -2.37. The highest BCUT2D eigenvalue weighted by atomic mass is 16.6. The second-order valence-electron chi connectivity index (χ2n) is 10.4. The molecule has 0 atom stereocenters. The van der Waals surface area contributed by atoms with Gasteiger partial charge in [0.2, 0.25) is 5.36 Å². The fourth-order valence-corrected chi connectivity index (χ4v) is 5.23. The maximum atomic E-state index is 12.2. The van der Waals surface area contributed by atoms with Crippen LogP contribution in [0.2, 0.25) is 0 Å². The third-order valence-corrected chi connectivity index (χ3v) is 7.61. The minimum Gasteiger partial charge on any atom is -0.545 e. The monoisotopic (exact) mass is 661 g/mol. The Hall–Kier alpha value is -5.79. The van der Waals surface area contributed by atoms with Crippen LogP contribution in [0.4, 0.5) is 20.1 Å². The van der Waals surface area contributed by atoms with Crippen molar-refractivity contribution in [1.82, 2.24) is 20.5 Å². The van der Waals surface area contributed by atoms with Crippen molar-refractivity contribution in [2.75, 3.05) is 72.0 Å². The lowest BCUT2D eigenvalue weighted by molar-refractivity contribution is -0.254. The number of hydrogen-bond acceptors (Lipinski definition) is 10. The molecule has 254 valence electrons. The number of carboxylic acid groups (broad SMARTS) is 1. The van der Waals surface area contributed by atoms with E-state index in [2.05, 4.69) is 16.0 Å². The number of carbonyl (C=O) groups excluding carboxylic acids is 4. The Labute approximate surface area is 277 Å². The summed E-state index contributed by atoms with van der Waals surface area (Å²) in [5.41, 5.74) is 3.09. The number of likely N-dealkylation sites (N-methyl/N-ethyl adjacent to an activating group) is 1. The number of carbonyl (C=O) groups is 4. The maximum absolute atomic E-state index is 12.2. The minimum absolute atomic E-state index is 0.0281. The van der Waals surface area contributed by atoms with Crippen molar-refractivity contribution in [1.29, 1.82) is 0 Å². The predicted molar refractivity (Wildman–Crippen MR) is 177 cm³/mol. The zero-order valence-corrected chi connectivity index (χ0v) is 27.3. The first-order valence-corrected chi connectivity index (χ1v) is 15.4. The molecule has 14 heteroatoms. The van der Waals surface area contributed by atoms with E-state index in [0.717, 1.165) is 5.69 Å². The SMILES string of the molecule is CCN(CCOC(=O)NC)c1ccc2c(-c3ccccc3C(=O)[O-])c3ccc(=[N+](CCOC(=O)NC)CCOC(=O)NC)cc-3oc2c1. The topological polar surface area (TPSA) is 175 Å². The van der Waals surface area contributed by atoms with Gasteiger partial charge < -0.3 is 49.4 Å². The molecular formula is C34H39N5O9. The van der Waals surface area contributed by atoms with Crippen LogP contribution in [0.5, 0.6) is 0 Å². The van der Waals surface area contributed by atoms with Crippen LogP contribution in [0.1, 0.15) is 17.3 Å². The van der Waals surface area contributed by atoms with Crippen LogP contribution in [-0.2, 0) is 14.2 Å². The van der Waals surface area contributed by atoms with Crippen LogP contribution in [-0.4, -0.2) is 91.4 Å². The average molecular weight is 662 g/mol. The second-order valence-corrected chi connectivity index (χ2v) is 10.4. The van der Waals surface area contributed by atoms with Crippen molar-refractivity contribution < 1.29 is 42.9 Å². The van der Waals surface area contributed by atoms with Crippen LogP contribution in [0.3, 0.4) is 0 Å². The van der Waals surface area contributed by atoms with Crippen molar-refractivity contribution in [2.24, 2.45) is 0 Å². The average Bonchev–Trinajstić information content (AvgIpc) is 3.10. The second kappa shape index (κ2) is 16.7. The number of nitrogens with zero attached hydrogens (tertiary/aromatic N) is 2. The number of rotatable bonds is 13. The molecule has 0 unspecified atom stereocenters. The van der Waals surface area contributed by atoms with Gasteiger partial charge in [0, 0.05) is 67.6 Å². The molecule has 1 aliphatic heterocycles. The van der Waals surface area contributed by atoms with Gasteiger partial charge in [-0.15, -0.1) is 0 Å². The number of ether oxygens (including phenoxy) is 3. The molecule has 48 heavy (non-hydrogen) atoms. The summed E-state index contributed by atoms with van der Waals surface area (Å²) in [5, 5.41) is 20.8. The highest BCUT2D eigenvalue weighted by molar-refractivity contribution is 6.07. The summed E-state index contributed by atoms with van der Waals surface area (Å²) >= 11 is 0. The van der Waals surface area contributed by atoms with Gasteiger partial charge in [0.1, 0.15) is 18.0 Å². The number of carboxylic acids is 1. The van der Waals surface area contributed by atoms with E-state index in [1.165, 1.54) is 27.2 Å². The summed E-state index contributed by atoms with van der Waals surface area (Å²) < 4.78 is 24.0. The highest BCUT2D eigenvalue weighted by Gasteiger charge is 2.22. The van der Waals surface area contributed by atoms with Gasteiger partial charge in [-0.1, -0.05) is 24.3 Å². The Kier molecular flexibility index (Phi) is 12.2. The van der Waals surface area contributed by atoms with Crippen LogP contribution in [0.15, 0.2) is 65.1 Å². The van der Waals surface area contributed by atoms with E-state index >= 15 is 0 Å². The molecule has 0 spiro atoms. The Morgan fingerprint density at radius 1 is 0.792 bits per heavy atom. The van der Waals surface area contributed by atoms with E-state index < -0.39 is 24.2 Å². The van der Waals surface area contributed by atoms with Gasteiger partial charge >= 0.3 is 18.3 Å². The van der Waals surface area contributed by atoms with Crippen LogP contribution >= 0.6 is 0 Å². The zero-order valence-electron chi connectivity index (χ0n) is 27.3. The number of anilines is 1. The molecule has 1 heterocycles. The van der Waals surface area contributed by atoms with E-state index in [-0.39, 0.29) is 38.5 Å². The molecule has 2 aliphatic rings. The van der Waals surface area contributed by atoms with Gasteiger partial charge in [-0.2, -0.15) is 0 Å². The molecule has 2 aromatic carbocycles. The van der Waals surface area contributed by atoms with Gasteiger partial charge in [-0.3, -0.25) is 0 Å². The molecule has 0 radical (unpaired) electrons. The van der Waals surface area contributed by atoms with Gasteiger partial charge in [0.15, 0.2) is 26.3 Å². The third kappa shape index (κ3) is 8.51. The largest absolute Gasteiger partial charge is 0.545 e. The van der Waals surface area contributed by atoms with E-state index in [9.17, 15) is 24.3 Å². The predicted octanol–water partition coefficient (Wildman–Crippen LogP) is 2.23. The van der Waals surface area contributed by atoms with E-state index in [1.807, 2.05) is 46.7 Å². The summed E-state index contributed by atoms with van der Waals surface area (Å²) in [6, 6.07) is 17.8. The summed E-state index contributed by atoms with van der Waals surface area (Å²) in [6.45, 7) is 3.84. The molecule has 2 aromatic rings. The molecular weight excluding hydrogens is 622 g/mol. The lowest BCUT2D eigenvalue weighted by Gasteiger charge is -2.24. The number of aromatic carboxylic acids is 1. The smallest absolute Gasteiger partial charge is 0.407 e. The summed E-state index contributed by atoms with van der Waals surface area (Å²) in [5.74, 6) is -0.858. The van der Waals surface area contributed by atoms with Crippen LogP contribution < -0.4 is 35.9 Å². The van der Waals surface area contributed by atoms with Crippen LogP contribution in [0, 0.1) is 0 Å².